The topological polar surface area (TPSA) is 74.7 Å². The van der Waals surface area contributed by atoms with Crippen LogP contribution in [0, 0.1) is 6.92 Å². The Kier molecular flexibility index (Phi) is 5.31. The van der Waals surface area contributed by atoms with Gasteiger partial charge < -0.3 is 15.2 Å². The lowest BCUT2D eigenvalue weighted by Crippen LogP contribution is -2.41. The number of benzene rings is 1. The molecular formula is C19H23N3O3. The van der Waals surface area contributed by atoms with Crippen LogP contribution in [0.5, 0.6) is 5.75 Å². The summed E-state index contributed by atoms with van der Waals surface area (Å²) in [5.41, 5.74) is 0.179. The molecule has 25 heavy (non-hydrogen) atoms. The molecular weight excluding hydrogens is 318 g/mol. The second kappa shape index (κ2) is 7.63. The average Bonchev–Trinajstić information content (AvgIpc) is 2.95. The molecule has 1 atom stereocenters. The monoisotopic (exact) mass is 341 g/mol. The molecule has 1 unspecified atom stereocenters. The van der Waals surface area contributed by atoms with Crippen molar-refractivity contribution < 1.29 is 14.6 Å². The van der Waals surface area contributed by atoms with Crippen LogP contribution in [0.1, 0.15) is 12.0 Å². The van der Waals surface area contributed by atoms with Crippen LogP contribution in [0.15, 0.2) is 48.7 Å². The first-order valence-electron chi connectivity index (χ1n) is 8.38. The predicted octanol–water partition coefficient (Wildman–Crippen LogP) is 1.84. The van der Waals surface area contributed by atoms with E-state index in [1.165, 1.54) is 0 Å². The van der Waals surface area contributed by atoms with Gasteiger partial charge in [-0.05, 0) is 43.2 Å². The van der Waals surface area contributed by atoms with E-state index in [0.29, 0.717) is 25.3 Å². The van der Waals surface area contributed by atoms with Gasteiger partial charge in [0.05, 0.1) is 6.54 Å². The Morgan fingerprint density at radius 3 is 3.00 bits per heavy atom. The van der Waals surface area contributed by atoms with Gasteiger partial charge in [0.15, 0.2) is 0 Å². The standard InChI is InChI=1S/C19H23N3O3/c1-15-5-4-6-16(11-15)25-14-19(24)8-10-22(13-19)12-18(23)21-17-7-2-3-9-20-17/h2-7,9,11,24H,8,10,12-14H2,1H3,(H,20,21,23). The highest BCUT2D eigenvalue weighted by atomic mass is 16.5. The zero-order valence-electron chi connectivity index (χ0n) is 14.3. The summed E-state index contributed by atoms with van der Waals surface area (Å²) in [6, 6.07) is 13.1. The number of ether oxygens (including phenoxy) is 1. The molecule has 0 saturated carbocycles. The molecule has 132 valence electrons. The summed E-state index contributed by atoms with van der Waals surface area (Å²) in [5, 5.41) is 13.4. The molecule has 1 aliphatic heterocycles. The van der Waals surface area contributed by atoms with Gasteiger partial charge in [0.2, 0.25) is 5.91 Å². The average molecular weight is 341 g/mol. The maximum Gasteiger partial charge on any atom is 0.239 e. The Hall–Kier alpha value is -2.44. The lowest BCUT2D eigenvalue weighted by molar-refractivity contribution is -0.117. The highest BCUT2D eigenvalue weighted by molar-refractivity contribution is 5.91. The van der Waals surface area contributed by atoms with E-state index in [0.717, 1.165) is 11.3 Å². The first kappa shape index (κ1) is 17.4. The number of rotatable bonds is 6. The molecule has 6 nitrogen and oxygen atoms in total. The van der Waals surface area contributed by atoms with Crippen molar-refractivity contribution in [3.63, 3.8) is 0 Å². The number of hydrogen-bond donors (Lipinski definition) is 2. The molecule has 0 aliphatic carbocycles. The second-order valence-electron chi connectivity index (χ2n) is 6.55. The highest BCUT2D eigenvalue weighted by Gasteiger charge is 2.37. The predicted molar refractivity (Wildman–Crippen MR) is 95.5 cm³/mol. The first-order chi connectivity index (χ1) is 12.0. The fraction of sp³-hybridized carbons (Fsp3) is 0.368. The van der Waals surface area contributed by atoms with Gasteiger partial charge in [-0.1, -0.05) is 18.2 Å². The van der Waals surface area contributed by atoms with Gasteiger partial charge in [0.25, 0.3) is 0 Å². The van der Waals surface area contributed by atoms with Gasteiger partial charge in [-0.25, -0.2) is 4.98 Å². The van der Waals surface area contributed by atoms with Crippen molar-refractivity contribution in [2.75, 3.05) is 31.6 Å². The van der Waals surface area contributed by atoms with Crippen molar-refractivity contribution in [1.82, 2.24) is 9.88 Å². The summed E-state index contributed by atoms with van der Waals surface area (Å²) < 4.78 is 5.74. The highest BCUT2D eigenvalue weighted by Crippen LogP contribution is 2.23. The Labute approximate surface area is 147 Å². The Bertz CT molecular complexity index is 723. The van der Waals surface area contributed by atoms with Crippen molar-refractivity contribution >= 4 is 11.7 Å². The number of β-amino-alcohol motifs (C(OH)–C–C–N with tert-alkyl or cyclic N) is 1. The summed E-state index contributed by atoms with van der Waals surface area (Å²) >= 11 is 0. The number of aromatic nitrogens is 1. The van der Waals surface area contributed by atoms with Crippen molar-refractivity contribution in [1.29, 1.82) is 0 Å². The van der Waals surface area contributed by atoms with Gasteiger partial charge in [-0.15, -0.1) is 0 Å². The molecule has 1 fully saturated rings. The van der Waals surface area contributed by atoms with E-state index in [2.05, 4.69) is 10.3 Å². The molecule has 2 aromatic rings. The van der Waals surface area contributed by atoms with Crippen LogP contribution in [0.2, 0.25) is 0 Å². The molecule has 1 aliphatic rings. The number of likely N-dealkylation sites (tertiary alicyclic amines) is 1. The van der Waals surface area contributed by atoms with Crippen LogP contribution in [-0.2, 0) is 4.79 Å². The number of nitrogens with one attached hydrogen (secondary N) is 1. The fourth-order valence-electron chi connectivity index (χ4n) is 2.94. The molecule has 0 bridgehead atoms. The number of aliphatic hydroxyl groups is 1. The van der Waals surface area contributed by atoms with Crippen LogP contribution in [0.25, 0.3) is 0 Å². The molecule has 6 heteroatoms. The number of pyridine rings is 1. The van der Waals surface area contributed by atoms with Crippen molar-refractivity contribution in [3.8, 4) is 5.75 Å². The van der Waals surface area contributed by atoms with Gasteiger partial charge in [0, 0.05) is 19.3 Å². The lowest BCUT2D eigenvalue weighted by atomic mass is 10.1. The summed E-state index contributed by atoms with van der Waals surface area (Å²) in [7, 11) is 0. The number of aryl methyl sites for hydroxylation is 1. The van der Waals surface area contributed by atoms with Crippen LogP contribution >= 0.6 is 0 Å². The van der Waals surface area contributed by atoms with Gasteiger partial charge in [-0.3, -0.25) is 9.69 Å². The quantitative estimate of drug-likeness (QED) is 0.839. The lowest BCUT2D eigenvalue weighted by Gasteiger charge is -2.23. The van der Waals surface area contributed by atoms with Crippen LogP contribution in [-0.4, -0.2) is 52.7 Å². The largest absolute Gasteiger partial charge is 0.491 e. The van der Waals surface area contributed by atoms with Crippen molar-refractivity contribution in [2.24, 2.45) is 0 Å². The number of carbonyl (C=O) groups is 1. The number of nitrogens with zero attached hydrogens (tertiary/aromatic N) is 2. The summed E-state index contributed by atoms with van der Waals surface area (Å²) in [5.74, 6) is 1.15. The molecule has 2 heterocycles. The third kappa shape index (κ3) is 5.01. The van der Waals surface area contributed by atoms with E-state index in [4.69, 9.17) is 4.74 Å². The molecule has 1 amide bonds. The van der Waals surface area contributed by atoms with Gasteiger partial charge in [0.1, 0.15) is 23.8 Å². The minimum Gasteiger partial charge on any atom is -0.491 e. The van der Waals surface area contributed by atoms with E-state index in [1.54, 1.807) is 18.3 Å². The third-order valence-electron chi connectivity index (χ3n) is 4.21. The van der Waals surface area contributed by atoms with Crippen LogP contribution < -0.4 is 10.1 Å². The molecule has 2 N–H and O–H groups in total. The zero-order chi connectivity index (χ0) is 17.7. The maximum atomic E-state index is 12.1. The van der Waals surface area contributed by atoms with E-state index < -0.39 is 5.60 Å². The molecule has 1 aromatic heterocycles. The SMILES string of the molecule is Cc1cccc(OCC2(O)CCN(CC(=O)Nc3ccccn3)C2)c1. The number of carbonyl (C=O) groups excluding carboxylic acids is 1. The molecule has 3 rings (SSSR count). The van der Waals surface area contributed by atoms with Crippen LogP contribution in [0.3, 0.4) is 0 Å². The third-order valence-corrected chi connectivity index (χ3v) is 4.21. The van der Waals surface area contributed by atoms with Crippen molar-refractivity contribution in [2.45, 2.75) is 18.9 Å². The maximum absolute atomic E-state index is 12.1. The first-order valence-corrected chi connectivity index (χ1v) is 8.38. The van der Waals surface area contributed by atoms with E-state index in [-0.39, 0.29) is 19.1 Å². The van der Waals surface area contributed by atoms with Crippen molar-refractivity contribution in [3.05, 3.63) is 54.2 Å². The molecule has 1 saturated heterocycles. The zero-order valence-corrected chi connectivity index (χ0v) is 14.3. The van der Waals surface area contributed by atoms with E-state index >= 15 is 0 Å². The normalized spacial score (nSPS) is 20.4. The smallest absolute Gasteiger partial charge is 0.239 e. The Balaban J connectivity index is 1.47. The van der Waals surface area contributed by atoms with Gasteiger partial charge >= 0.3 is 0 Å². The summed E-state index contributed by atoms with van der Waals surface area (Å²) in [6.07, 6.45) is 2.21. The molecule has 1 aromatic carbocycles. The number of anilines is 1. The minimum atomic E-state index is -0.935. The Morgan fingerprint density at radius 2 is 2.24 bits per heavy atom. The van der Waals surface area contributed by atoms with Crippen LogP contribution in [0.4, 0.5) is 5.82 Å². The molecule has 0 spiro atoms. The van der Waals surface area contributed by atoms with E-state index in [1.807, 2.05) is 42.2 Å². The Morgan fingerprint density at radius 1 is 1.36 bits per heavy atom. The molecule has 0 radical (unpaired) electrons. The minimum absolute atomic E-state index is 0.137. The fourth-order valence-corrected chi connectivity index (χ4v) is 2.94. The summed E-state index contributed by atoms with van der Waals surface area (Å²) in [4.78, 5) is 18.1. The number of hydrogen-bond acceptors (Lipinski definition) is 5. The second-order valence-corrected chi connectivity index (χ2v) is 6.55. The number of amides is 1. The van der Waals surface area contributed by atoms with Gasteiger partial charge in [-0.2, -0.15) is 0 Å². The van der Waals surface area contributed by atoms with E-state index in [9.17, 15) is 9.90 Å². The summed E-state index contributed by atoms with van der Waals surface area (Å²) in [6.45, 7) is 3.51.